The molecule has 1 N–H and O–H groups in total. The summed E-state index contributed by atoms with van der Waals surface area (Å²) in [5.74, 6) is -0.875. The lowest BCUT2D eigenvalue weighted by Gasteiger charge is -2.15. The van der Waals surface area contributed by atoms with Gasteiger partial charge in [0.25, 0.3) is 0 Å². The van der Waals surface area contributed by atoms with Crippen LogP contribution in [0.2, 0.25) is 0 Å². The van der Waals surface area contributed by atoms with Gasteiger partial charge in [-0.3, -0.25) is 0 Å². The minimum atomic E-state index is -0.900. The van der Waals surface area contributed by atoms with Crippen LogP contribution in [-0.4, -0.2) is 37.5 Å². The van der Waals surface area contributed by atoms with E-state index in [2.05, 4.69) is 0 Å². The van der Waals surface area contributed by atoms with Crippen LogP contribution in [-0.2, 0) is 14.3 Å². The summed E-state index contributed by atoms with van der Waals surface area (Å²) in [6.45, 7) is 1.16. The summed E-state index contributed by atoms with van der Waals surface area (Å²) >= 11 is 0. The van der Waals surface area contributed by atoms with Crippen molar-refractivity contribution in [3.8, 4) is 0 Å². The van der Waals surface area contributed by atoms with Crippen LogP contribution in [0.5, 0.6) is 0 Å². The van der Waals surface area contributed by atoms with Crippen molar-refractivity contribution in [2.24, 2.45) is 5.92 Å². The molecule has 64 valence electrons. The first kappa shape index (κ1) is 8.49. The van der Waals surface area contributed by atoms with Crippen LogP contribution in [0, 0.1) is 5.92 Å². The summed E-state index contributed by atoms with van der Waals surface area (Å²) < 4.78 is 9.86. The minimum Gasteiger partial charge on any atom is -0.479 e. The third kappa shape index (κ3) is 1.91. The van der Waals surface area contributed by atoms with Crippen molar-refractivity contribution in [2.45, 2.75) is 12.5 Å². The number of carboxylic acid groups (broad SMARTS) is 1. The van der Waals surface area contributed by atoms with Crippen LogP contribution in [0.4, 0.5) is 0 Å². The number of hydrogen-bond donors (Lipinski definition) is 1. The maximum atomic E-state index is 10.5. The molecule has 1 saturated heterocycles. The molecule has 1 heterocycles. The van der Waals surface area contributed by atoms with Gasteiger partial charge in [0.15, 0.2) is 6.10 Å². The SMILES string of the molecule is COC(C(=O)O)C1CCOC1. The standard InChI is InChI=1S/C7H12O4/c1-10-6(7(8)9)5-2-3-11-4-5/h5-6H,2-4H2,1H3,(H,8,9). The minimum absolute atomic E-state index is 0.0255. The molecule has 0 aromatic carbocycles. The van der Waals surface area contributed by atoms with E-state index < -0.39 is 12.1 Å². The van der Waals surface area contributed by atoms with Crippen LogP contribution in [0.15, 0.2) is 0 Å². The van der Waals surface area contributed by atoms with Crippen molar-refractivity contribution in [2.75, 3.05) is 20.3 Å². The van der Waals surface area contributed by atoms with E-state index in [1.54, 1.807) is 0 Å². The molecule has 1 aliphatic rings. The fourth-order valence-electron chi connectivity index (χ4n) is 1.29. The lowest BCUT2D eigenvalue weighted by atomic mass is 10.0. The summed E-state index contributed by atoms with van der Waals surface area (Å²) in [4.78, 5) is 10.5. The molecule has 0 aromatic heterocycles. The maximum Gasteiger partial charge on any atom is 0.333 e. The van der Waals surface area contributed by atoms with Crippen molar-refractivity contribution in [1.29, 1.82) is 0 Å². The predicted octanol–water partition coefficient (Wildman–Crippen LogP) is 0.122. The highest BCUT2D eigenvalue weighted by Gasteiger charge is 2.30. The molecule has 0 aliphatic carbocycles. The molecule has 0 radical (unpaired) electrons. The lowest BCUT2D eigenvalue weighted by Crippen LogP contribution is -2.31. The van der Waals surface area contributed by atoms with E-state index in [1.807, 2.05) is 0 Å². The van der Waals surface area contributed by atoms with E-state index in [9.17, 15) is 4.79 Å². The second kappa shape index (κ2) is 3.69. The number of hydrogen-bond acceptors (Lipinski definition) is 3. The normalized spacial score (nSPS) is 26.8. The van der Waals surface area contributed by atoms with Gasteiger partial charge in [0.05, 0.1) is 6.61 Å². The van der Waals surface area contributed by atoms with E-state index in [0.717, 1.165) is 6.42 Å². The molecule has 1 rings (SSSR count). The number of carbonyl (C=O) groups is 1. The molecule has 4 heteroatoms. The second-order valence-electron chi connectivity index (χ2n) is 2.62. The average Bonchev–Trinajstić information content (AvgIpc) is 2.40. The lowest BCUT2D eigenvalue weighted by molar-refractivity contribution is -0.151. The Bertz CT molecular complexity index is 139. The highest BCUT2D eigenvalue weighted by molar-refractivity contribution is 5.72. The molecule has 0 bridgehead atoms. The van der Waals surface area contributed by atoms with Crippen LogP contribution in [0.3, 0.4) is 0 Å². The van der Waals surface area contributed by atoms with E-state index in [0.29, 0.717) is 13.2 Å². The van der Waals surface area contributed by atoms with Gasteiger partial charge in [0, 0.05) is 19.6 Å². The van der Waals surface area contributed by atoms with Gasteiger partial charge >= 0.3 is 5.97 Å². The van der Waals surface area contributed by atoms with Crippen LogP contribution < -0.4 is 0 Å². The van der Waals surface area contributed by atoms with Gasteiger partial charge in [-0.2, -0.15) is 0 Å². The molecule has 0 amide bonds. The molecule has 1 fully saturated rings. The third-order valence-electron chi connectivity index (χ3n) is 1.89. The van der Waals surface area contributed by atoms with Gasteiger partial charge in [-0.15, -0.1) is 0 Å². The van der Waals surface area contributed by atoms with Gasteiger partial charge < -0.3 is 14.6 Å². The molecule has 0 aromatic rings. The Kier molecular flexibility index (Phi) is 2.84. The average molecular weight is 160 g/mol. The molecule has 0 spiro atoms. The smallest absolute Gasteiger partial charge is 0.333 e. The Labute approximate surface area is 65.1 Å². The maximum absolute atomic E-state index is 10.5. The number of rotatable bonds is 3. The zero-order chi connectivity index (χ0) is 8.27. The molecule has 2 unspecified atom stereocenters. The van der Waals surface area contributed by atoms with Crippen molar-refractivity contribution < 1.29 is 19.4 Å². The van der Waals surface area contributed by atoms with Crippen LogP contribution >= 0.6 is 0 Å². The summed E-state index contributed by atoms with van der Waals surface area (Å²) in [7, 11) is 1.41. The summed E-state index contributed by atoms with van der Waals surface area (Å²) in [6, 6.07) is 0. The van der Waals surface area contributed by atoms with E-state index in [4.69, 9.17) is 14.6 Å². The zero-order valence-corrected chi connectivity index (χ0v) is 6.45. The van der Waals surface area contributed by atoms with Gasteiger partial charge in [-0.25, -0.2) is 4.79 Å². The van der Waals surface area contributed by atoms with E-state index in [-0.39, 0.29) is 5.92 Å². The van der Waals surface area contributed by atoms with Crippen molar-refractivity contribution >= 4 is 5.97 Å². The third-order valence-corrected chi connectivity index (χ3v) is 1.89. The molecular weight excluding hydrogens is 148 g/mol. The zero-order valence-electron chi connectivity index (χ0n) is 6.45. The highest BCUT2D eigenvalue weighted by Crippen LogP contribution is 2.18. The first-order valence-corrected chi connectivity index (χ1v) is 3.59. The highest BCUT2D eigenvalue weighted by atomic mass is 16.5. The molecule has 2 atom stereocenters. The van der Waals surface area contributed by atoms with Gasteiger partial charge in [-0.1, -0.05) is 0 Å². The second-order valence-corrected chi connectivity index (χ2v) is 2.62. The van der Waals surface area contributed by atoms with E-state index >= 15 is 0 Å². The molecule has 11 heavy (non-hydrogen) atoms. The summed E-state index contributed by atoms with van der Waals surface area (Å²) in [5.41, 5.74) is 0. The van der Waals surface area contributed by atoms with Crippen molar-refractivity contribution in [3.63, 3.8) is 0 Å². The topological polar surface area (TPSA) is 55.8 Å². The number of aliphatic carboxylic acids is 1. The summed E-state index contributed by atoms with van der Waals surface area (Å²) in [5, 5.41) is 8.65. The monoisotopic (exact) mass is 160 g/mol. The molecule has 4 nitrogen and oxygen atoms in total. The first-order chi connectivity index (χ1) is 5.25. The Morgan fingerprint density at radius 3 is 2.91 bits per heavy atom. The molecule has 1 aliphatic heterocycles. The number of carboxylic acids is 1. The molecule has 0 saturated carbocycles. The Morgan fingerprint density at radius 2 is 2.55 bits per heavy atom. The van der Waals surface area contributed by atoms with Crippen molar-refractivity contribution in [1.82, 2.24) is 0 Å². The Balaban J connectivity index is 2.46. The largest absolute Gasteiger partial charge is 0.479 e. The van der Waals surface area contributed by atoms with Crippen LogP contribution in [0.1, 0.15) is 6.42 Å². The van der Waals surface area contributed by atoms with Gasteiger partial charge in [-0.05, 0) is 6.42 Å². The fraction of sp³-hybridized carbons (Fsp3) is 0.857. The fourth-order valence-corrected chi connectivity index (χ4v) is 1.29. The van der Waals surface area contributed by atoms with Crippen molar-refractivity contribution in [3.05, 3.63) is 0 Å². The summed E-state index contributed by atoms with van der Waals surface area (Å²) in [6.07, 6.45) is 0.0858. The van der Waals surface area contributed by atoms with E-state index in [1.165, 1.54) is 7.11 Å². The van der Waals surface area contributed by atoms with Gasteiger partial charge in [0.2, 0.25) is 0 Å². The first-order valence-electron chi connectivity index (χ1n) is 3.59. The number of methoxy groups -OCH3 is 1. The molecular formula is C7H12O4. The number of ether oxygens (including phenoxy) is 2. The Hall–Kier alpha value is -0.610. The van der Waals surface area contributed by atoms with Gasteiger partial charge in [0.1, 0.15) is 0 Å². The Morgan fingerprint density at radius 1 is 1.82 bits per heavy atom. The quantitative estimate of drug-likeness (QED) is 0.637. The predicted molar refractivity (Wildman–Crippen MR) is 37.4 cm³/mol. The van der Waals surface area contributed by atoms with Crippen LogP contribution in [0.25, 0.3) is 0 Å².